The molecule has 0 aliphatic carbocycles. The first-order valence-electron chi connectivity index (χ1n) is 11.8. The van der Waals surface area contributed by atoms with Gasteiger partial charge < -0.3 is 18.4 Å². The van der Waals surface area contributed by atoms with E-state index in [1.807, 2.05) is 30.3 Å². The van der Waals surface area contributed by atoms with E-state index in [0.29, 0.717) is 0 Å². The first-order chi connectivity index (χ1) is 15.0. The van der Waals surface area contributed by atoms with Crippen LogP contribution in [0.3, 0.4) is 0 Å². The highest BCUT2D eigenvalue weighted by atomic mass is 28.4. The lowest BCUT2D eigenvalue weighted by molar-refractivity contribution is -0.135. The molecule has 0 fully saturated rings. The van der Waals surface area contributed by atoms with Crippen molar-refractivity contribution in [1.82, 2.24) is 0 Å². The summed E-state index contributed by atoms with van der Waals surface area (Å²) in [7, 11) is -4.48. The zero-order valence-electron chi connectivity index (χ0n) is 22.3. The zero-order valence-corrected chi connectivity index (χ0v) is 24.3. The van der Waals surface area contributed by atoms with E-state index >= 15 is 0 Å². The SMILES string of the molecule is CCOC(=O)C1=NO[C@@H]([C@@H](O[Si](C)(C)C(C)(C)C)c2ccccc2)[C@H]1O[Si](C)(C)C(C)(C)C. The molecule has 0 amide bonds. The van der Waals surface area contributed by atoms with Gasteiger partial charge in [-0.15, -0.1) is 0 Å². The molecule has 0 saturated heterocycles. The molecule has 33 heavy (non-hydrogen) atoms. The van der Waals surface area contributed by atoms with Gasteiger partial charge in [0.1, 0.15) is 12.2 Å². The number of esters is 1. The Bertz CT molecular complexity index is 841. The van der Waals surface area contributed by atoms with E-state index in [-0.39, 0.29) is 22.4 Å². The summed E-state index contributed by atoms with van der Waals surface area (Å²) >= 11 is 0. The van der Waals surface area contributed by atoms with Gasteiger partial charge in [0.2, 0.25) is 0 Å². The summed E-state index contributed by atoms with van der Waals surface area (Å²) in [5.41, 5.74) is 1.17. The number of carbonyl (C=O) groups is 1. The van der Waals surface area contributed by atoms with Crippen LogP contribution >= 0.6 is 0 Å². The quantitative estimate of drug-likeness (QED) is 0.307. The van der Waals surface area contributed by atoms with Crippen LogP contribution < -0.4 is 0 Å². The van der Waals surface area contributed by atoms with Gasteiger partial charge in [-0.25, -0.2) is 4.79 Å². The molecule has 3 atom stereocenters. The summed E-state index contributed by atoms with van der Waals surface area (Å²) in [5, 5.41) is 4.14. The van der Waals surface area contributed by atoms with Gasteiger partial charge in [-0.05, 0) is 48.8 Å². The van der Waals surface area contributed by atoms with Crippen LogP contribution in [0.2, 0.25) is 36.3 Å². The zero-order chi connectivity index (χ0) is 25.2. The van der Waals surface area contributed by atoms with Crippen LogP contribution in [0.15, 0.2) is 35.5 Å². The Morgan fingerprint density at radius 1 is 1.00 bits per heavy atom. The monoisotopic (exact) mass is 493 g/mol. The Morgan fingerprint density at radius 2 is 1.55 bits per heavy atom. The lowest BCUT2D eigenvalue weighted by Crippen LogP contribution is -2.52. The van der Waals surface area contributed by atoms with Crippen LogP contribution in [0.4, 0.5) is 0 Å². The van der Waals surface area contributed by atoms with E-state index in [0.717, 1.165) is 5.56 Å². The van der Waals surface area contributed by atoms with E-state index in [2.05, 4.69) is 72.9 Å². The maximum Gasteiger partial charge on any atom is 0.358 e. The third-order valence-corrected chi connectivity index (χ3v) is 16.1. The van der Waals surface area contributed by atoms with E-state index in [1.165, 1.54) is 0 Å². The number of oxime groups is 1. The highest BCUT2D eigenvalue weighted by molar-refractivity contribution is 6.74. The molecule has 0 saturated carbocycles. The van der Waals surface area contributed by atoms with Gasteiger partial charge in [-0.3, -0.25) is 0 Å². The number of hydrogen-bond donors (Lipinski definition) is 0. The van der Waals surface area contributed by atoms with Gasteiger partial charge >= 0.3 is 5.97 Å². The smallest absolute Gasteiger partial charge is 0.358 e. The molecule has 1 aromatic rings. The Labute approximate surface area is 202 Å². The van der Waals surface area contributed by atoms with Crippen LogP contribution in [0.1, 0.15) is 60.1 Å². The van der Waals surface area contributed by atoms with Crippen molar-refractivity contribution in [2.75, 3.05) is 6.61 Å². The maximum atomic E-state index is 12.8. The summed E-state index contributed by atoms with van der Waals surface area (Å²) in [6.45, 7) is 24.0. The summed E-state index contributed by atoms with van der Waals surface area (Å²) < 4.78 is 19.0. The molecule has 2 rings (SSSR count). The van der Waals surface area contributed by atoms with Crippen molar-refractivity contribution in [3.8, 4) is 0 Å². The second kappa shape index (κ2) is 10.0. The summed E-state index contributed by atoms with van der Waals surface area (Å²) in [4.78, 5) is 18.8. The van der Waals surface area contributed by atoms with Gasteiger partial charge in [0, 0.05) is 0 Å². The van der Waals surface area contributed by atoms with Gasteiger partial charge in [-0.2, -0.15) is 0 Å². The average Bonchev–Trinajstić information content (AvgIpc) is 3.08. The Morgan fingerprint density at radius 3 is 2.03 bits per heavy atom. The number of ether oxygens (including phenoxy) is 1. The van der Waals surface area contributed by atoms with Gasteiger partial charge in [0.15, 0.2) is 28.5 Å². The minimum absolute atomic E-state index is 0.000747. The van der Waals surface area contributed by atoms with Crippen molar-refractivity contribution in [3.05, 3.63) is 35.9 Å². The minimum Gasteiger partial charge on any atom is -0.461 e. The highest BCUT2D eigenvalue weighted by Crippen LogP contribution is 2.44. The van der Waals surface area contributed by atoms with Gasteiger partial charge in [0.05, 0.1) is 6.61 Å². The van der Waals surface area contributed by atoms with Crippen molar-refractivity contribution in [2.45, 2.75) is 103 Å². The molecule has 0 radical (unpaired) electrons. The number of benzene rings is 1. The standard InChI is InChI=1S/C25H43NO5Si2/c1-12-28-23(27)19-21(31-33(10,11)25(5,6)7)22(29-26-19)20(18-16-14-13-15-17-18)30-32(8,9)24(2,3)4/h13-17,20-22H,12H2,1-11H3/t20-,21-,22-/m0/s1. The summed E-state index contributed by atoms with van der Waals surface area (Å²) in [6, 6.07) is 10.0. The first kappa shape index (κ1) is 27.8. The molecule has 1 aromatic carbocycles. The number of rotatable bonds is 8. The van der Waals surface area contributed by atoms with E-state index in [1.54, 1.807) is 6.92 Å². The van der Waals surface area contributed by atoms with E-state index in [4.69, 9.17) is 18.4 Å². The molecule has 1 heterocycles. The molecule has 0 spiro atoms. The lowest BCUT2D eigenvalue weighted by atomic mass is 9.98. The molecule has 0 unspecified atom stereocenters. The van der Waals surface area contributed by atoms with Gasteiger partial charge in [-0.1, -0.05) is 77.0 Å². The van der Waals surface area contributed by atoms with E-state index < -0.39 is 40.9 Å². The third-order valence-electron chi connectivity index (χ3n) is 7.21. The predicted molar refractivity (Wildman–Crippen MR) is 138 cm³/mol. The Hall–Kier alpha value is -1.49. The first-order valence-corrected chi connectivity index (χ1v) is 17.6. The third kappa shape index (κ3) is 6.35. The number of hydrogen-bond acceptors (Lipinski definition) is 6. The van der Waals surface area contributed by atoms with Crippen LogP contribution in [-0.4, -0.2) is 47.1 Å². The normalized spacial score (nSPS) is 20.8. The topological polar surface area (TPSA) is 66.4 Å². The molecular weight excluding hydrogens is 450 g/mol. The average molecular weight is 494 g/mol. The molecule has 1 aliphatic rings. The van der Waals surface area contributed by atoms with Crippen molar-refractivity contribution >= 4 is 28.3 Å². The number of nitrogens with zero attached hydrogens (tertiary/aromatic N) is 1. The fourth-order valence-electron chi connectivity index (χ4n) is 3.03. The highest BCUT2D eigenvalue weighted by Gasteiger charge is 2.52. The minimum atomic E-state index is -2.28. The van der Waals surface area contributed by atoms with Crippen LogP contribution in [-0.2, 0) is 23.2 Å². The Kier molecular flexibility index (Phi) is 8.42. The van der Waals surface area contributed by atoms with Crippen molar-refractivity contribution in [3.63, 3.8) is 0 Å². The van der Waals surface area contributed by atoms with Crippen LogP contribution in [0.5, 0.6) is 0 Å². The molecule has 0 N–H and O–H groups in total. The lowest BCUT2D eigenvalue weighted by Gasteiger charge is -2.43. The predicted octanol–water partition coefficient (Wildman–Crippen LogP) is 6.46. The van der Waals surface area contributed by atoms with Crippen LogP contribution in [0.25, 0.3) is 0 Å². The van der Waals surface area contributed by atoms with Crippen molar-refractivity contribution < 1.29 is 23.2 Å². The molecule has 6 nitrogen and oxygen atoms in total. The van der Waals surface area contributed by atoms with Gasteiger partial charge in [0.25, 0.3) is 0 Å². The molecule has 0 aromatic heterocycles. The molecular formula is C25H43NO5Si2. The second-order valence-corrected chi connectivity index (χ2v) is 21.3. The fourth-order valence-corrected chi connectivity index (χ4v) is 5.52. The van der Waals surface area contributed by atoms with Crippen LogP contribution in [0, 0.1) is 0 Å². The fraction of sp³-hybridized carbons (Fsp3) is 0.680. The molecule has 8 heteroatoms. The van der Waals surface area contributed by atoms with Crippen molar-refractivity contribution in [2.24, 2.45) is 5.16 Å². The summed E-state index contributed by atoms with van der Waals surface area (Å²) in [6.07, 6.45) is -1.69. The Balaban J connectivity index is 2.54. The van der Waals surface area contributed by atoms with E-state index in [9.17, 15) is 4.79 Å². The molecule has 1 aliphatic heterocycles. The molecule has 0 bridgehead atoms. The number of carbonyl (C=O) groups excluding carboxylic acids is 1. The van der Waals surface area contributed by atoms with Crippen molar-refractivity contribution in [1.29, 1.82) is 0 Å². The summed E-state index contributed by atoms with van der Waals surface area (Å²) in [5.74, 6) is -0.497. The largest absolute Gasteiger partial charge is 0.461 e. The second-order valence-electron chi connectivity index (χ2n) is 11.8. The maximum absolute atomic E-state index is 12.8. The molecule has 186 valence electrons.